The number of amides is 2. The van der Waals surface area contributed by atoms with Gasteiger partial charge in [0.05, 0.1) is 12.1 Å². The van der Waals surface area contributed by atoms with E-state index in [9.17, 15) is 14.7 Å². The van der Waals surface area contributed by atoms with Crippen molar-refractivity contribution in [1.29, 1.82) is 0 Å². The van der Waals surface area contributed by atoms with Gasteiger partial charge in [0, 0.05) is 25.3 Å². The van der Waals surface area contributed by atoms with Gasteiger partial charge in [0.1, 0.15) is 0 Å². The molecule has 0 spiro atoms. The van der Waals surface area contributed by atoms with Crippen molar-refractivity contribution in [3.8, 4) is 0 Å². The highest BCUT2D eigenvalue weighted by atomic mass is 16.3. The average Bonchev–Trinajstić information content (AvgIpc) is 2.92. The third-order valence-electron chi connectivity index (χ3n) is 8.30. The highest BCUT2D eigenvalue weighted by Crippen LogP contribution is 2.62. The zero-order valence-electron chi connectivity index (χ0n) is 17.5. The second kappa shape index (κ2) is 6.72. The molecule has 2 amide bonds. The van der Waals surface area contributed by atoms with E-state index >= 15 is 0 Å². The molecule has 7 atom stereocenters. The van der Waals surface area contributed by atoms with Crippen molar-refractivity contribution in [2.75, 3.05) is 0 Å². The lowest BCUT2D eigenvalue weighted by molar-refractivity contribution is -0.120. The van der Waals surface area contributed by atoms with E-state index in [1.165, 1.54) is 11.1 Å². The van der Waals surface area contributed by atoms with Crippen LogP contribution in [0.3, 0.4) is 0 Å². The van der Waals surface area contributed by atoms with E-state index in [1.54, 1.807) is 13.8 Å². The number of aliphatic hydroxyl groups excluding tert-OH is 1. The molecule has 5 nitrogen and oxygen atoms in total. The molecule has 2 fully saturated rings. The number of allylic oxidation sites excluding steroid dienone is 1. The largest absolute Gasteiger partial charge is 0.389 e. The maximum absolute atomic E-state index is 12.0. The smallest absolute Gasteiger partial charge is 0.217 e. The highest BCUT2D eigenvalue weighted by Gasteiger charge is 2.56. The van der Waals surface area contributed by atoms with Crippen LogP contribution in [0.25, 0.3) is 0 Å². The van der Waals surface area contributed by atoms with E-state index in [0.29, 0.717) is 11.8 Å². The molecule has 4 aliphatic carbocycles. The van der Waals surface area contributed by atoms with Crippen LogP contribution in [0.2, 0.25) is 0 Å². The number of rotatable bonds is 2. The first-order valence-electron chi connectivity index (χ1n) is 10.8. The molecule has 28 heavy (non-hydrogen) atoms. The zero-order valence-corrected chi connectivity index (χ0v) is 17.5. The Kier molecular flexibility index (Phi) is 4.72. The second-order valence-corrected chi connectivity index (χ2v) is 9.95. The fraction of sp³-hybridized carbons (Fsp3) is 0.739. The molecule has 0 saturated heterocycles. The molecule has 0 bridgehead atoms. The SMILES string of the molecule is CC(=O)N[C@H]1CC2C[C@@H](O)C=C[C@]2(C)[C@H]2CC[C@@]3(C)C(=C12)CC[C@@H]3NC(C)=O. The predicted molar refractivity (Wildman–Crippen MR) is 108 cm³/mol. The Morgan fingerprint density at radius 2 is 1.82 bits per heavy atom. The van der Waals surface area contributed by atoms with E-state index in [4.69, 9.17) is 0 Å². The summed E-state index contributed by atoms with van der Waals surface area (Å²) < 4.78 is 0. The zero-order chi connectivity index (χ0) is 20.3. The summed E-state index contributed by atoms with van der Waals surface area (Å²) in [6.07, 6.45) is 9.60. The van der Waals surface area contributed by atoms with Crippen LogP contribution in [0.5, 0.6) is 0 Å². The van der Waals surface area contributed by atoms with Gasteiger partial charge < -0.3 is 15.7 Å². The predicted octanol–water partition coefficient (Wildman–Crippen LogP) is 2.85. The molecule has 0 aromatic heterocycles. The van der Waals surface area contributed by atoms with Gasteiger partial charge in [0.15, 0.2) is 0 Å². The Morgan fingerprint density at radius 3 is 2.50 bits per heavy atom. The average molecular weight is 387 g/mol. The first-order chi connectivity index (χ1) is 13.1. The fourth-order valence-corrected chi connectivity index (χ4v) is 6.91. The number of carbonyl (C=O) groups is 2. The Bertz CT molecular complexity index is 757. The molecule has 0 radical (unpaired) electrons. The fourth-order valence-electron chi connectivity index (χ4n) is 6.91. The van der Waals surface area contributed by atoms with Gasteiger partial charge >= 0.3 is 0 Å². The topological polar surface area (TPSA) is 78.4 Å². The summed E-state index contributed by atoms with van der Waals surface area (Å²) in [6, 6.07) is 0.227. The van der Waals surface area contributed by atoms with Gasteiger partial charge in [-0.2, -0.15) is 0 Å². The van der Waals surface area contributed by atoms with Crippen LogP contribution < -0.4 is 10.6 Å². The van der Waals surface area contributed by atoms with Crippen LogP contribution >= 0.6 is 0 Å². The molecule has 5 heteroatoms. The summed E-state index contributed by atoms with van der Waals surface area (Å²) >= 11 is 0. The summed E-state index contributed by atoms with van der Waals surface area (Å²) in [5, 5.41) is 16.6. The van der Waals surface area contributed by atoms with E-state index < -0.39 is 0 Å². The summed E-state index contributed by atoms with van der Waals surface area (Å²) in [5.41, 5.74) is 2.91. The maximum Gasteiger partial charge on any atom is 0.217 e. The Labute approximate surface area is 168 Å². The molecule has 2 saturated carbocycles. The number of aliphatic hydroxyl groups is 1. The van der Waals surface area contributed by atoms with Gasteiger partial charge in [0.2, 0.25) is 11.8 Å². The molecule has 0 aliphatic heterocycles. The maximum atomic E-state index is 12.0. The van der Waals surface area contributed by atoms with Gasteiger partial charge in [-0.25, -0.2) is 0 Å². The van der Waals surface area contributed by atoms with Gasteiger partial charge in [-0.3, -0.25) is 9.59 Å². The van der Waals surface area contributed by atoms with Gasteiger partial charge in [-0.05, 0) is 61.3 Å². The Hall–Kier alpha value is -1.62. The normalized spacial score (nSPS) is 44.4. The van der Waals surface area contributed by atoms with Crippen LogP contribution in [0.1, 0.15) is 66.2 Å². The lowest BCUT2D eigenvalue weighted by Gasteiger charge is -2.56. The van der Waals surface area contributed by atoms with Crippen molar-refractivity contribution in [2.45, 2.75) is 84.4 Å². The van der Waals surface area contributed by atoms with Crippen LogP contribution in [0.15, 0.2) is 23.3 Å². The summed E-state index contributed by atoms with van der Waals surface area (Å²) in [4.78, 5) is 23.8. The van der Waals surface area contributed by atoms with Crippen LogP contribution in [-0.4, -0.2) is 35.1 Å². The van der Waals surface area contributed by atoms with E-state index in [1.807, 2.05) is 6.08 Å². The van der Waals surface area contributed by atoms with Crippen LogP contribution in [0, 0.1) is 22.7 Å². The number of fused-ring (bicyclic) bond motifs is 4. The van der Waals surface area contributed by atoms with Crippen molar-refractivity contribution < 1.29 is 14.7 Å². The highest BCUT2D eigenvalue weighted by molar-refractivity contribution is 5.74. The number of carbonyl (C=O) groups excluding carboxylic acids is 2. The van der Waals surface area contributed by atoms with Crippen molar-refractivity contribution in [2.24, 2.45) is 22.7 Å². The van der Waals surface area contributed by atoms with E-state index in [2.05, 4.69) is 30.6 Å². The first kappa shape index (κ1) is 19.7. The molecule has 0 aromatic carbocycles. The Morgan fingerprint density at radius 1 is 1.11 bits per heavy atom. The third kappa shape index (κ3) is 2.94. The summed E-state index contributed by atoms with van der Waals surface area (Å²) in [7, 11) is 0. The van der Waals surface area contributed by atoms with Crippen molar-refractivity contribution in [3.63, 3.8) is 0 Å². The van der Waals surface area contributed by atoms with Crippen molar-refractivity contribution >= 4 is 11.8 Å². The second-order valence-electron chi connectivity index (χ2n) is 9.95. The molecule has 154 valence electrons. The van der Waals surface area contributed by atoms with E-state index in [0.717, 1.165) is 38.5 Å². The summed E-state index contributed by atoms with van der Waals surface area (Å²) in [6.45, 7) is 7.85. The minimum absolute atomic E-state index is 0.0102. The Balaban J connectivity index is 1.80. The quantitative estimate of drug-likeness (QED) is 0.639. The lowest BCUT2D eigenvalue weighted by atomic mass is 9.50. The standard InChI is InChI=1S/C23H34N2O3/c1-13(26)24-19-12-15-11-16(28)7-9-22(15,3)18-8-10-23(4)17(21(18)19)5-6-20(23)25-14(2)27/h7,9,15-16,18-20,28H,5-6,8,10-12H2,1-4H3,(H,24,26)(H,25,27)/t15?,16-,18-,19-,20-,22-,23-/m0/s1. The van der Waals surface area contributed by atoms with Crippen molar-refractivity contribution in [1.82, 2.24) is 10.6 Å². The van der Waals surface area contributed by atoms with Crippen molar-refractivity contribution in [3.05, 3.63) is 23.3 Å². The molecule has 1 unspecified atom stereocenters. The van der Waals surface area contributed by atoms with Crippen LogP contribution in [0.4, 0.5) is 0 Å². The number of nitrogens with one attached hydrogen (secondary N) is 2. The van der Waals surface area contributed by atoms with Gasteiger partial charge in [-0.15, -0.1) is 0 Å². The lowest BCUT2D eigenvalue weighted by Crippen LogP contribution is -2.55. The molecule has 0 heterocycles. The molecule has 4 aliphatic rings. The van der Waals surface area contributed by atoms with E-state index in [-0.39, 0.29) is 40.8 Å². The monoisotopic (exact) mass is 386 g/mol. The minimum atomic E-state index is -0.380. The number of hydrogen-bond acceptors (Lipinski definition) is 3. The summed E-state index contributed by atoms with van der Waals surface area (Å²) in [5.74, 6) is 0.815. The van der Waals surface area contributed by atoms with Gasteiger partial charge in [0.25, 0.3) is 0 Å². The van der Waals surface area contributed by atoms with Gasteiger partial charge in [-0.1, -0.05) is 31.6 Å². The molecule has 3 N–H and O–H groups in total. The molecular formula is C23H34N2O3. The molecule has 0 aromatic rings. The molecular weight excluding hydrogens is 352 g/mol. The van der Waals surface area contributed by atoms with Crippen LogP contribution in [-0.2, 0) is 9.59 Å². The third-order valence-corrected chi connectivity index (χ3v) is 8.30. The minimum Gasteiger partial charge on any atom is -0.389 e. The number of hydrogen-bond donors (Lipinski definition) is 3. The molecule has 4 rings (SSSR count). The first-order valence-corrected chi connectivity index (χ1v) is 10.8.